The van der Waals surface area contributed by atoms with Crippen LogP contribution in [0.2, 0.25) is 0 Å². The fourth-order valence-corrected chi connectivity index (χ4v) is 2.44. The van der Waals surface area contributed by atoms with Gasteiger partial charge in [0.15, 0.2) is 0 Å². The Morgan fingerprint density at radius 3 is 2.59 bits per heavy atom. The van der Waals surface area contributed by atoms with E-state index in [2.05, 4.69) is 0 Å². The summed E-state index contributed by atoms with van der Waals surface area (Å²) in [5.41, 5.74) is -0.829. The molecule has 0 saturated carbocycles. The van der Waals surface area contributed by atoms with Crippen LogP contribution in [-0.2, 0) is 4.79 Å². The predicted molar refractivity (Wildman–Crippen MR) is 66.9 cm³/mol. The van der Waals surface area contributed by atoms with Crippen molar-refractivity contribution in [2.24, 2.45) is 11.8 Å². The fraction of sp³-hybridized carbons (Fsp3) is 0.923. The Hall–Kier alpha value is -0.610. The number of nitrogens with zero attached hydrogens (tertiary/aromatic N) is 1. The van der Waals surface area contributed by atoms with Crippen molar-refractivity contribution in [1.29, 1.82) is 0 Å². The smallest absolute Gasteiger partial charge is 0.321 e. The molecule has 0 spiro atoms. The van der Waals surface area contributed by atoms with Gasteiger partial charge in [0.2, 0.25) is 0 Å². The standard InChI is InChI=1S/C13H25NO3/c1-9(2)13(4,17)8-14-7-5-6-10(3)11(14)12(15)16/h9-11,17H,5-8H2,1-4H3,(H,15,16). The van der Waals surface area contributed by atoms with E-state index in [-0.39, 0.29) is 11.8 Å². The van der Waals surface area contributed by atoms with Gasteiger partial charge in [0.25, 0.3) is 0 Å². The molecule has 4 nitrogen and oxygen atoms in total. The van der Waals surface area contributed by atoms with Crippen molar-refractivity contribution in [2.45, 2.75) is 52.2 Å². The lowest BCUT2D eigenvalue weighted by molar-refractivity contribution is -0.149. The van der Waals surface area contributed by atoms with E-state index in [0.29, 0.717) is 6.54 Å². The van der Waals surface area contributed by atoms with E-state index in [1.807, 2.05) is 25.7 Å². The van der Waals surface area contributed by atoms with Crippen LogP contribution < -0.4 is 0 Å². The van der Waals surface area contributed by atoms with E-state index >= 15 is 0 Å². The molecular formula is C13H25NO3. The van der Waals surface area contributed by atoms with Crippen LogP contribution in [0, 0.1) is 11.8 Å². The average Bonchev–Trinajstić information content (AvgIpc) is 2.15. The summed E-state index contributed by atoms with van der Waals surface area (Å²) in [6.45, 7) is 8.90. The summed E-state index contributed by atoms with van der Waals surface area (Å²) in [6.07, 6.45) is 1.97. The molecule has 3 atom stereocenters. The Morgan fingerprint density at radius 1 is 1.53 bits per heavy atom. The van der Waals surface area contributed by atoms with Crippen molar-refractivity contribution < 1.29 is 15.0 Å². The molecule has 100 valence electrons. The monoisotopic (exact) mass is 243 g/mol. The molecule has 17 heavy (non-hydrogen) atoms. The van der Waals surface area contributed by atoms with Gasteiger partial charge in [0, 0.05) is 6.54 Å². The van der Waals surface area contributed by atoms with Gasteiger partial charge < -0.3 is 10.2 Å². The SMILES string of the molecule is CC1CCCN(CC(C)(O)C(C)C)C1C(=O)O. The highest BCUT2D eigenvalue weighted by atomic mass is 16.4. The lowest BCUT2D eigenvalue weighted by atomic mass is 9.86. The molecule has 0 aromatic rings. The van der Waals surface area contributed by atoms with Crippen LogP contribution in [-0.4, -0.2) is 45.8 Å². The molecule has 0 radical (unpaired) electrons. The van der Waals surface area contributed by atoms with Crippen molar-refractivity contribution in [3.05, 3.63) is 0 Å². The first-order valence-corrected chi connectivity index (χ1v) is 6.45. The molecular weight excluding hydrogens is 218 g/mol. The van der Waals surface area contributed by atoms with Gasteiger partial charge in [0.05, 0.1) is 5.60 Å². The number of hydrogen-bond acceptors (Lipinski definition) is 3. The Morgan fingerprint density at radius 2 is 2.12 bits per heavy atom. The van der Waals surface area contributed by atoms with Crippen LogP contribution in [0.25, 0.3) is 0 Å². The number of likely N-dealkylation sites (tertiary alicyclic amines) is 1. The normalized spacial score (nSPS) is 30.2. The summed E-state index contributed by atoms with van der Waals surface area (Å²) in [7, 11) is 0. The van der Waals surface area contributed by atoms with E-state index in [4.69, 9.17) is 0 Å². The van der Waals surface area contributed by atoms with Crippen LogP contribution in [0.3, 0.4) is 0 Å². The summed E-state index contributed by atoms with van der Waals surface area (Å²) in [5, 5.41) is 19.6. The average molecular weight is 243 g/mol. The zero-order valence-corrected chi connectivity index (χ0v) is 11.3. The van der Waals surface area contributed by atoms with Gasteiger partial charge in [-0.05, 0) is 38.1 Å². The zero-order valence-electron chi connectivity index (χ0n) is 11.3. The fourth-order valence-electron chi connectivity index (χ4n) is 2.44. The number of piperidine rings is 1. The first-order valence-electron chi connectivity index (χ1n) is 6.45. The second-order valence-electron chi connectivity index (χ2n) is 5.88. The number of hydrogen-bond donors (Lipinski definition) is 2. The van der Waals surface area contributed by atoms with E-state index in [1.54, 1.807) is 6.92 Å². The predicted octanol–water partition coefficient (Wildman–Crippen LogP) is 1.58. The summed E-state index contributed by atoms with van der Waals surface area (Å²) >= 11 is 0. The number of carbonyl (C=O) groups is 1. The number of aliphatic hydroxyl groups is 1. The van der Waals surface area contributed by atoms with Gasteiger partial charge in [-0.1, -0.05) is 20.8 Å². The van der Waals surface area contributed by atoms with Crippen LogP contribution >= 0.6 is 0 Å². The largest absolute Gasteiger partial charge is 0.480 e. The lowest BCUT2D eigenvalue weighted by Gasteiger charge is -2.42. The molecule has 2 N–H and O–H groups in total. The molecule has 1 fully saturated rings. The van der Waals surface area contributed by atoms with E-state index in [0.717, 1.165) is 19.4 Å². The summed E-state index contributed by atoms with van der Waals surface area (Å²) in [6, 6.07) is -0.450. The Balaban J connectivity index is 2.77. The van der Waals surface area contributed by atoms with Crippen LogP contribution in [0.5, 0.6) is 0 Å². The minimum Gasteiger partial charge on any atom is -0.480 e. The van der Waals surface area contributed by atoms with E-state index in [9.17, 15) is 15.0 Å². The van der Waals surface area contributed by atoms with Crippen molar-refractivity contribution in [3.8, 4) is 0 Å². The number of carboxylic acid groups (broad SMARTS) is 1. The highest BCUT2D eigenvalue weighted by Gasteiger charge is 2.38. The minimum atomic E-state index is -0.829. The van der Waals surface area contributed by atoms with Gasteiger partial charge >= 0.3 is 5.97 Å². The summed E-state index contributed by atoms with van der Waals surface area (Å²) < 4.78 is 0. The maximum absolute atomic E-state index is 11.3. The molecule has 0 aliphatic carbocycles. The number of β-amino-alcohol motifs (C(OH)–C–C–N with tert-alkyl or cyclic N) is 1. The first kappa shape index (κ1) is 14.5. The molecule has 1 heterocycles. The molecule has 4 heteroatoms. The second-order valence-corrected chi connectivity index (χ2v) is 5.88. The molecule has 0 bridgehead atoms. The van der Waals surface area contributed by atoms with Crippen LogP contribution in [0.1, 0.15) is 40.5 Å². The molecule has 0 amide bonds. The van der Waals surface area contributed by atoms with Gasteiger partial charge in [0.1, 0.15) is 6.04 Å². The van der Waals surface area contributed by atoms with Gasteiger partial charge in [-0.25, -0.2) is 0 Å². The Labute approximate surface area is 104 Å². The van der Waals surface area contributed by atoms with Crippen molar-refractivity contribution in [1.82, 2.24) is 4.90 Å². The number of carboxylic acids is 1. The third-order valence-corrected chi connectivity index (χ3v) is 4.06. The van der Waals surface area contributed by atoms with E-state index in [1.165, 1.54) is 0 Å². The van der Waals surface area contributed by atoms with Crippen molar-refractivity contribution >= 4 is 5.97 Å². The number of aliphatic carboxylic acids is 1. The number of rotatable bonds is 4. The first-order chi connectivity index (χ1) is 7.75. The van der Waals surface area contributed by atoms with Crippen molar-refractivity contribution in [3.63, 3.8) is 0 Å². The summed E-state index contributed by atoms with van der Waals surface area (Å²) in [4.78, 5) is 13.2. The van der Waals surface area contributed by atoms with Crippen LogP contribution in [0.4, 0.5) is 0 Å². The topological polar surface area (TPSA) is 60.8 Å². The van der Waals surface area contributed by atoms with Gasteiger partial charge in [-0.3, -0.25) is 9.69 Å². The van der Waals surface area contributed by atoms with Crippen LogP contribution in [0.15, 0.2) is 0 Å². The Bertz CT molecular complexity index is 276. The van der Waals surface area contributed by atoms with Crippen molar-refractivity contribution in [2.75, 3.05) is 13.1 Å². The third kappa shape index (κ3) is 3.42. The second kappa shape index (κ2) is 5.36. The quantitative estimate of drug-likeness (QED) is 0.787. The molecule has 3 unspecified atom stereocenters. The van der Waals surface area contributed by atoms with Gasteiger partial charge in [-0.2, -0.15) is 0 Å². The third-order valence-electron chi connectivity index (χ3n) is 4.06. The molecule has 1 aliphatic heterocycles. The summed E-state index contributed by atoms with van der Waals surface area (Å²) in [5.74, 6) is -0.491. The lowest BCUT2D eigenvalue weighted by Crippen LogP contribution is -2.55. The van der Waals surface area contributed by atoms with E-state index < -0.39 is 17.6 Å². The van der Waals surface area contributed by atoms with Gasteiger partial charge in [-0.15, -0.1) is 0 Å². The highest BCUT2D eigenvalue weighted by Crippen LogP contribution is 2.27. The molecule has 1 saturated heterocycles. The zero-order chi connectivity index (χ0) is 13.2. The molecule has 1 rings (SSSR count). The maximum atomic E-state index is 11.3. The molecule has 1 aliphatic rings. The maximum Gasteiger partial charge on any atom is 0.321 e. The molecule has 0 aromatic carbocycles. The molecule has 0 aromatic heterocycles. The minimum absolute atomic E-state index is 0.120. The Kier molecular flexibility index (Phi) is 4.55. The highest BCUT2D eigenvalue weighted by molar-refractivity contribution is 5.74.